The molecule has 2 aromatic carbocycles. The maximum atomic E-state index is 6.13. The molecule has 0 fully saturated rings. The Kier molecular flexibility index (Phi) is 2.51. The highest BCUT2D eigenvalue weighted by atomic mass is 35.5. The minimum Gasteiger partial charge on any atom is -0.292 e. The van der Waals surface area contributed by atoms with Crippen LogP contribution in [0.1, 0.15) is 0 Å². The molecule has 2 nitrogen and oxygen atoms in total. The Hall–Kier alpha value is -2.32. The Balaban J connectivity index is 2.16. The summed E-state index contributed by atoms with van der Waals surface area (Å²) < 4.78 is 2.15. The Labute approximate surface area is 121 Å². The van der Waals surface area contributed by atoms with Crippen LogP contribution >= 0.6 is 11.6 Å². The minimum atomic E-state index is 0.724. The fourth-order valence-corrected chi connectivity index (χ4v) is 2.73. The van der Waals surface area contributed by atoms with E-state index >= 15 is 0 Å². The highest BCUT2D eigenvalue weighted by Gasteiger charge is 2.09. The number of fused-ring (bicyclic) bond motifs is 3. The van der Waals surface area contributed by atoms with Gasteiger partial charge in [0.1, 0.15) is 5.65 Å². The van der Waals surface area contributed by atoms with Crippen LogP contribution in [0, 0.1) is 0 Å². The largest absolute Gasteiger partial charge is 0.292 e. The van der Waals surface area contributed by atoms with E-state index in [0.717, 1.165) is 33.0 Å². The van der Waals surface area contributed by atoms with Crippen LogP contribution in [0.5, 0.6) is 0 Å². The molecule has 4 aromatic rings. The first-order chi connectivity index (χ1) is 9.83. The summed E-state index contributed by atoms with van der Waals surface area (Å²) in [4.78, 5) is 4.65. The highest BCUT2D eigenvalue weighted by molar-refractivity contribution is 6.31. The number of nitrogens with zero attached hydrogens (tertiary/aromatic N) is 2. The summed E-state index contributed by atoms with van der Waals surface area (Å²) in [5.74, 6) is 0. The molecule has 0 aliphatic heterocycles. The molecule has 0 atom stereocenters. The second-order valence-corrected chi connectivity index (χ2v) is 5.15. The molecule has 0 spiro atoms. The molecule has 0 aliphatic carbocycles. The number of benzene rings is 2. The first kappa shape index (κ1) is 11.5. The summed E-state index contributed by atoms with van der Waals surface area (Å²) in [7, 11) is 0. The SMILES string of the molecule is Clc1ccc2nc3cccc(-c4ccccc4)n3c2c1. The van der Waals surface area contributed by atoms with Gasteiger partial charge in [-0.1, -0.05) is 48.0 Å². The predicted octanol–water partition coefficient (Wildman–Crippen LogP) is 4.81. The molecule has 0 aliphatic rings. The first-order valence-electron chi connectivity index (χ1n) is 6.45. The van der Waals surface area contributed by atoms with E-state index in [9.17, 15) is 0 Å². The fraction of sp³-hybridized carbons (Fsp3) is 0. The van der Waals surface area contributed by atoms with Crippen molar-refractivity contribution in [3.63, 3.8) is 0 Å². The second kappa shape index (κ2) is 4.36. The molecular formula is C17H11ClN2. The topological polar surface area (TPSA) is 17.3 Å². The van der Waals surface area contributed by atoms with E-state index in [1.165, 1.54) is 0 Å². The van der Waals surface area contributed by atoms with Crippen molar-refractivity contribution in [2.24, 2.45) is 0 Å². The summed E-state index contributed by atoms with van der Waals surface area (Å²) in [6, 6.07) is 22.3. The molecule has 4 rings (SSSR count). The van der Waals surface area contributed by atoms with Crippen molar-refractivity contribution < 1.29 is 0 Å². The Morgan fingerprint density at radius 1 is 0.850 bits per heavy atom. The van der Waals surface area contributed by atoms with Gasteiger partial charge in [-0.15, -0.1) is 0 Å². The van der Waals surface area contributed by atoms with Crippen molar-refractivity contribution in [3.05, 3.63) is 71.8 Å². The number of hydrogen-bond donors (Lipinski definition) is 0. The van der Waals surface area contributed by atoms with Crippen molar-refractivity contribution in [3.8, 4) is 11.3 Å². The zero-order chi connectivity index (χ0) is 13.5. The van der Waals surface area contributed by atoms with Gasteiger partial charge in [0.25, 0.3) is 0 Å². The molecular weight excluding hydrogens is 268 g/mol. The number of hydrogen-bond acceptors (Lipinski definition) is 1. The molecule has 0 amide bonds. The smallest absolute Gasteiger partial charge is 0.138 e. The van der Waals surface area contributed by atoms with Gasteiger partial charge in [0.05, 0.1) is 16.7 Å². The van der Waals surface area contributed by atoms with Gasteiger partial charge in [0, 0.05) is 5.02 Å². The number of aromatic nitrogens is 2. The lowest BCUT2D eigenvalue weighted by Gasteiger charge is -2.06. The van der Waals surface area contributed by atoms with Crippen molar-refractivity contribution in [1.29, 1.82) is 0 Å². The van der Waals surface area contributed by atoms with Gasteiger partial charge in [0.15, 0.2) is 0 Å². The van der Waals surface area contributed by atoms with Crippen LogP contribution in [-0.2, 0) is 0 Å². The van der Waals surface area contributed by atoms with Crippen molar-refractivity contribution in [2.45, 2.75) is 0 Å². The van der Waals surface area contributed by atoms with Crippen LogP contribution in [0.4, 0.5) is 0 Å². The van der Waals surface area contributed by atoms with Crippen LogP contribution in [0.25, 0.3) is 27.9 Å². The zero-order valence-corrected chi connectivity index (χ0v) is 11.4. The lowest BCUT2D eigenvalue weighted by Crippen LogP contribution is -1.91. The van der Waals surface area contributed by atoms with E-state index in [0.29, 0.717) is 0 Å². The Morgan fingerprint density at radius 3 is 2.55 bits per heavy atom. The van der Waals surface area contributed by atoms with Crippen LogP contribution < -0.4 is 0 Å². The van der Waals surface area contributed by atoms with Crippen LogP contribution in [0.3, 0.4) is 0 Å². The monoisotopic (exact) mass is 278 g/mol. The number of rotatable bonds is 1. The third-order valence-corrected chi connectivity index (χ3v) is 3.69. The summed E-state index contributed by atoms with van der Waals surface area (Å²) >= 11 is 6.13. The molecule has 0 saturated carbocycles. The van der Waals surface area contributed by atoms with E-state index in [1.54, 1.807) is 0 Å². The number of halogens is 1. The average Bonchev–Trinajstić information content (AvgIpc) is 2.86. The maximum absolute atomic E-state index is 6.13. The molecule has 3 heteroatoms. The zero-order valence-electron chi connectivity index (χ0n) is 10.6. The lowest BCUT2D eigenvalue weighted by molar-refractivity contribution is 1.23. The van der Waals surface area contributed by atoms with Gasteiger partial charge < -0.3 is 0 Å². The van der Waals surface area contributed by atoms with E-state index in [1.807, 2.05) is 48.5 Å². The van der Waals surface area contributed by atoms with Crippen molar-refractivity contribution in [2.75, 3.05) is 0 Å². The predicted molar refractivity (Wildman–Crippen MR) is 83.1 cm³/mol. The Morgan fingerprint density at radius 2 is 1.70 bits per heavy atom. The summed E-state index contributed by atoms with van der Waals surface area (Å²) in [5, 5.41) is 0.724. The molecule has 0 saturated heterocycles. The van der Waals surface area contributed by atoms with Crippen LogP contribution in [0.2, 0.25) is 5.02 Å². The molecule has 0 unspecified atom stereocenters. The van der Waals surface area contributed by atoms with E-state index in [2.05, 4.69) is 27.6 Å². The molecule has 2 aromatic heterocycles. The summed E-state index contributed by atoms with van der Waals surface area (Å²) in [6.07, 6.45) is 0. The molecule has 0 N–H and O–H groups in total. The van der Waals surface area contributed by atoms with Gasteiger partial charge >= 0.3 is 0 Å². The average molecular weight is 279 g/mol. The van der Waals surface area contributed by atoms with Crippen molar-refractivity contribution in [1.82, 2.24) is 9.38 Å². The Bertz CT molecular complexity index is 910. The summed E-state index contributed by atoms with van der Waals surface area (Å²) in [5.41, 5.74) is 5.21. The second-order valence-electron chi connectivity index (χ2n) is 4.72. The number of pyridine rings is 1. The van der Waals surface area contributed by atoms with Gasteiger partial charge in [-0.3, -0.25) is 4.40 Å². The normalized spacial score (nSPS) is 11.2. The van der Waals surface area contributed by atoms with Gasteiger partial charge in [-0.2, -0.15) is 0 Å². The molecule has 96 valence electrons. The minimum absolute atomic E-state index is 0.724. The number of imidazole rings is 1. The quantitative estimate of drug-likeness (QED) is 0.488. The first-order valence-corrected chi connectivity index (χ1v) is 6.83. The summed E-state index contributed by atoms with van der Waals surface area (Å²) in [6.45, 7) is 0. The van der Waals surface area contributed by atoms with Gasteiger partial charge in [-0.05, 0) is 35.9 Å². The molecule has 20 heavy (non-hydrogen) atoms. The highest BCUT2D eigenvalue weighted by Crippen LogP contribution is 2.27. The van der Waals surface area contributed by atoms with E-state index < -0.39 is 0 Å². The third-order valence-electron chi connectivity index (χ3n) is 3.45. The molecule has 0 bridgehead atoms. The lowest BCUT2D eigenvalue weighted by atomic mass is 10.1. The van der Waals surface area contributed by atoms with Gasteiger partial charge in [0.2, 0.25) is 0 Å². The van der Waals surface area contributed by atoms with Gasteiger partial charge in [-0.25, -0.2) is 4.98 Å². The molecule has 2 heterocycles. The fourth-order valence-electron chi connectivity index (χ4n) is 2.57. The van der Waals surface area contributed by atoms with Crippen LogP contribution in [-0.4, -0.2) is 9.38 Å². The van der Waals surface area contributed by atoms with E-state index in [-0.39, 0.29) is 0 Å². The third kappa shape index (κ3) is 1.69. The van der Waals surface area contributed by atoms with Crippen LogP contribution in [0.15, 0.2) is 66.7 Å². The van der Waals surface area contributed by atoms with Crippen molar-refractivity contribution >= 4 is 28.3 Å². The van der Waals surface area contributed by atoms with E-state index in [4.69, 9.17) is 11.6 Å². The maximum Gasteiger partial charge on any atom is 0.138 e. The molecule has 0 radical (unpaired) electrons. The standard InChI is InChI=1S/C17H11ClN2/c18-13-9-10-14-16(11-13)20-15(7-4-8-17(20)19-14)12-5-2-1-3-6-12/h1-11H.